The van der Waals surface area contributed by atoms with Gasteiger partial charge in [0, 0.05) is 32.4 Å². The Morgan fingerprint density at radius 3 is 2.41 bits per heavy atom. The largest absolute Gasteiger partial charge is 0.419 e. The average molecular weight is 245 g/mol. The fourth-order valence-corrected chi connectivity index (χ4v) is 1.89. The van der Waals surface area contributed by atoms with E-state index in [2.05, 4.69) is 9.88 Å². The number of alkyl halides is 3. The van der Waals surface area contributed by atoms with Gasteiger partial charge in [0.15, 0.2) is 0 Å². The van der Waals surface area contributed by atoms with Crippen molar-refractivity contribution in [2.24, 2.45) is 0 Å². The minimum Gasteiger partial charge on any atom is -0.354 e. The van der Waals surface area contributed by atoms with E-state index in [4.69, 9.17) is 0 Å². The van der Waals surface area contributed by atoms with Crippen LogP contribution in [-0.2, 0) is 6.18 Å². The number of nitrogens with zero attached hydrogens (tertiary/aromatic N) is 3. The fourth-order valence-electron chi connectivity index (χ4n) is 1.89. The van der Waals surface area contributed by atoms with E-state index >= 15 is 0 Å². The highest BCUT2D eigenvalue weighted by Crippen LogP contribution is 2.35. The van der Waals surface area contributed by atoms with Crippen LogP contribution in [0.25, 0.3) is 0 Å². The molecule has 2 heterocycles. The van der Waals surface area contributed by atoms with Crippen LogP contribution in [0, 0.1) is 0 Å². The molecular formula is C11H14F3N3. The predicted octanol–water partition coefficient (Wildman–Crippen LogP) is 1.85. The zero-order chi connectivity index (χ0) is 12.5. The van der Waals surface area contributed by atoms with Crippen molar-refractivity contribution in [2.75, 3.05) is 38.1 Å². The maximum Gasteiger partial charge on any atom is 0.419 e. The van der Waals surface area contributed by atoms with Crippen LogP contribution < -0.4 is 4.90 Å². The molecule has 0 saturated carbocycles. The van der Waals surface area contributed by atoms with Gasteiger partial charge in [-0.25, -0.2) is 4.98 Å². The van der Waals surface area contributed by atoms with Crippen LogP contribution in [0.4, 0.5) is 19.0 Å². The number of pyridine rings is 1. The minimum absolute atomic E-state index is 0.0492. The first kappa shape index (κ1) is 12.2. The molecule has 0 amide bonds. The lowest BCUT2D eigenvalue weighted by molar-refractivity contribution is -0.137. The van der Waals surface area contributed by atoms with Gasteiger partial charge in [0.05, 0.1) is 5.56 Å². The molecule has 1 aromatic rings. The second-order valence-corrected chi connectivity index (χ2v) is 4.16. The van der Waals surface area contributed by atoms with E-state index in [0.717, 1.165) is 19.2 Å². The monoisotopic (exact) mass is 245 g/mol. The number of hydrogen-bond acceptors (Lipinski definition) is 3. The summed E-state index contributed by atoms with van der Waals surface area (Å²) in [5, 5.41) is 0. The number of piperazine rings is 1. The summed E-state index contributed by atoms with van der Waals surface area (Å²) in [6, 6.07) is 2.41. The lowest BCUT2D eigenvalue weighted by atomic mass is 10.2. The molecule has 1 aliphatic rings. The molecule has 3 nitrogen and oxygen atoms in total. The van der Waals surface area contributed by atoms with Crippen LogP contribution in [0.2, 0.25) is 0 Å². The molecule has 0 bridgehead atoms. The van der Waals surface area contributed by atoms with Crippen molar-refractivity contribution in [3.8, 4) is 0 Å². The molecule has 1 fully saturated rings. The number of rotatable bonds is 1. The maximum absolute atomic E-state index is 12.8. The zero-order valence-corrected chi connectivity index (χ0v) is 9.54. The van der Waals surface area contributed by atoms with Gasteiger partial charge in [-0.15, -0.1) is 0 Å². The molecule has 0 spiro atoms. The van der Waals surface area contributed by atoms with Crippen LogP contribution in [0.5, 0.6) is 0 Å². The van der Waals surface area contributed by atoms with Gasteiger partial charge in [0.1, 0.15) is 5.82 Å². The summed E-state index contributed by atoms with van der Waals surface area (Å²) >= 11 is 0. The first-order valence-corrected chi connectivity index (χ1v) is 5.44. The van der Waals surface area contributed by atoms with E-state index in [1.807, 2.05) is 7.05 Å². The summed E-state index contributed by atoms with van der Waals surface area (Å²) in [6.07, 6.45) is -2.93. The van der Waals surface area contributed by atoms with Crippen molar-refractivity contribution in [3.63, 3.8) is 0 Å². The molecule has 1 aliphatic heterocycles. The van der Waals surface area contributed by atoms with Gasteiger partial charge in [-0.2, -0.15) is 13.2 Å². The van der Waals surface area contributed by atoms with Crippen molar-refractivity contribution in [1.29, 1.82) is 0 Å². The summed E-state index contributed by atoms with van der Waals surface area (Å²) < 4.78 is 38.4. The smallest absolute Gasteiger partial charge is 0.354 e. The third-order valence-electron chi connectivity index (χ3n) is 2.89. The van der Waals surface area contributed by atoms with E-state index in [1.54, 1.807) is 4.90 Å². The Kier molecular flexibility index (Phi) is 3.24. The van der Waals surface area contributed by atoms with Gasteiger partial charge in [0.2, 0.25) is 0 Å². The minimum atomic E-state index is -4.34. The van der Waals surface area contributed by atoms with Crippen LogP contribution in [0.1, 0.15) is 5.56 Å². The van der Waals surface area contributed by atoms with Crippen molar-refractivity contribution in [2.45, 2.75) is 6.18 Å². The molecule has 1 aromatic heterocycles. The second-order valence-electron chi connectivity index (χ2n) is 4.16. The van der Waals surface area contributed by atoms with Gasteiger partial charge in [0.25, 0.3) is 0 Å². The highest BCUT2D eigenvalue weighted by molar-refractivity contribution is 5.48. The molecule has 0 N–H and O–H groups in total. The topological polar surface area (TPSA) is 19.4 Å². The van der Waals surface area contributed by atoms with Crippen molar-refractivity contribution in [1.82, 2.24) is 9.88 Å². The Labute approximate surface area is 97.9 Å². The quantitative estimate of drug-likeness (QED) is 0.752. The normalized spacial score (nSPS) is 18.5. The highest BCUT2D eigenvalue weighted by Gasteiger charge is 2.35. The predicted molar refractivity (Wildman–Crippen MR) is 58.9 cm³/mol. The van der Waals surface area contributed by atoms with Gasteiger partial charge in [-0.05, 0) is 19.2 Å². The molecule has 0 aliphatic carbocycles. The number of likely N-dealkylation sites (N-methyl/N-ethyl adjacent to an activating group) is 1. The van der Waals surface area contributed by atoms with Crippen LogP contribution in [0.3, 0.4) is 0 Å². The first-order chi connectivity index (χ1) is 7.98. The Balaban J connectivity index is 2.26. The SMILES string of the molecule is CN1CCN(c2ncccc2C(F)(F)F)CC1. The third-order valence-corrected chi connectivity index (χ3v) is 2.89. The summed E-state index contributed by atoms with van der Waals surface area (Å²) in [5.74, 6) is 0.0492. The van der Waals surface area contributed by atoms with Gasteiger partial charge < -0.3 is 9.80 Å². The Bertz CT molecular complexity index is 384. The number of hydrogen-bond donors (Lipinski definition) is 0. The molecule has 94 valence electrons. The van der Waals surface area contributed by atoms with Crippen LogP contribution in [0.15, 0.2) is 18.3 Å². The lowest BCUT2D eigenvalue weighted by Crippen LogP contribution is -2.45. The summed E-state index contributed by atoms with van der Waals surface area (Å²) in [7, 11) is 1.96. The Hall–Kier alpha value is -1.30. The lowest BCUT2D eigenvalue weighted by Gasteiger charge is -2.34. The summed E-state index contributed by atoms with van der Waals surface area (Å²) in [4.78, 5) is 7.67. The van der Waals surface area contributed by atoms with E-state index < -0.39 is 11.7 Å². The standard InChI is InChI=1S/C11H14F3N3/c1-16-5-7-17(8-6-16)10-9(11(12,13)14)3-2-4-15-10/h2-4H,5-8H2,1H3. The zero-order valence-electron chi connectivity index (χ0n) is 9.54. The number of aromatic nitrogens is 1. The average Bonchev–Trinajstić information content (AvgIpc) is 2.29. The van der Waals surface area contributed by atoms with Crippen molar-refractivity contribution >= 4 is 5.82 Å². The van der Waals surface area contributed by atoms with Crippen molar-refractivity contribution < 1.29 is 13.2 Å². The molecule has 0 unspecified atom stereocenters. The fraction of sp³-hybridized carbons (Fsp3) is 0.545. The number of halogens is 3. The molecule has 0 aromatic carbocycles. The number of anilines is 1. The maximum atomic E-state index is 12.8. The van der Waals surface area contributed by atoms with E-state index in [9.17, 15) is 13.2 Å². The van der Waals surface area contributed by atoms with Gasteiger partial charge >= 0.3 is 6.18 Å². The molecule has 1 saturated heterocycles. The molecule has 6 heteroatoms. The van der Waals surface area contributed by atoms with Crippen LogP contribution >= 0.6 is 0 Å². The van der Waals surface area contributed by atoms with Crippen LogP contribution in [-0.4, -0.2) is 43.1 Å². The van der Waals surface area contributed by atoms with Gasteiger partial charge in [-0.3, -0.25) is 0 Å². The second kappa shape index (κ2) is 4.52. The molecule has 17 heavy (non-hydrogen) atoms. The van der Waals surface area contributed by atoms with Crippen molar-refractivity contribution in [3.05, 3.63) is 23.9 Å². The molecular weight excluding hydrogens is 231 g/mol. The van der Waals surface area contributed by atoms with E-state index in [-0.39, 0.29) is 5.82 Å². The van der Waals surface area contributed by atoms with E-state index in [0.29, 0.717) is 13.1 Å². The third kappa shape index (κ3) is 2.69. The summed E-state index contributed by atoms with van der Waals surface area (Å²) in [5.41, 5.74) is -0.649. The molecule has 2 rings (SSSR count). The summed E-state index contributed by atoms with van der Waals surface area (Å²) in [6.45, 7) is 2.68. The van der Waals surface area contributed by atoms with E-state index in [1.165, 1.54) is 12.3 Å². The molecule has 0 atom stereocenters. The highest BCUT2D eigenvalue weighted by atomic mass is 19.4. The van der Waals surface area contributed by atoms with Gasteiger partial charge in [-0.1, -0.05) is 0 Å². The first-order valence-electron chi connectivity index (χ1n) is 5.44. The molecule has 0 radical (unpaired) electrons. The Morgan fingerprint density at radius 2 is 1.82 bits per heavy atom. The Morgan fingerprint density at radius 1 is 1.18 bits per heavy atom.